The lowest BCUT2D eigenvalue weighted by Gasteiger charge is -2.10. The molecule has 0 bridgehead atoms. The van der Waals surface area contributed by atoms with Crippen molar-refractivity contribution in [3.05, 3.63) is 84.4 Å². The first-order valence-corrected chi connectivity index (χ1v) is 13.7. The van der Waals surface area contributed by atoms with Crippen LogP contribution in [0.25, 0.3) is 27.9 Å². The second-order valence-electron chi connectivity index (χ2n) is 9.76. The maximum atomic E-state index is 6.02. The second kappa shape index (κ2) is 13.2. The summed E-state index contributed by atoms with van der Waals surface area (Å²) in [5, 5.41) is 2.58. The minimum Gasteiger partial charge on any atom is -0.494 e. The third kappa shape index (κ3) is 6.78. The molecule has 0 unspecified atom stereocenters. The van der Waals surface area contributed by atoms with Crippen LogP contribution in [0.3, 0.4) is 0 Å². The van der Waals surface area contributed by atoms with Gasteiger partial charge in [0.25, 0.3) is 0 Å². The molecule has 0 aliphatic rings. The number of aromatic nitrogens is 1. The highest BCUT2D eigenvalue weighted by atomic mass is 16.5. The Balaban J connectivity index is 1.26. The Morgan fingerprint density at radius 1 is 0.714 bits per heavy atom. The third-order valence-electron chi connectivity index (χ3n) is 7.06. The zero-order chi connectivity index (χ0) is 24.3. The van der Waals surface area contributed by atoms with Crippen molar-refractivity contribution in [3.8, 4) is 5.75 Å². The Bertz CT molecular complexity index is 1200. The molecule has 35 heavy (non-hydrogen) atoms. The van der Waals surface area contributed by atoms with E-state index in [1.807, 2.05) is 6.08 Å². The lowest BCUT2D eigenvalue weighted by atomic mass is 10.1. The van der Waals surface area contributed by atoms with Crippen LogP contribution in [-0.2, 0) is 6.54 Å². The average molecular weight is 468 g/mol. The van der Waals surface area contributed by atoms with E-state index in [1.165, 1.54) is 85.2 Å². The number of hydrogen-bond donors (Lipinski definition) is 0. The first kappa shape index (κ1) is 25.1. The molecule has 4 rings (SSSR count). The number of hydrogen-bond acceptors (Lipinski definition) is 1. The Morgan fingerprint density at radius 3 is 2.09 bits per heavy atom. The summed E-state index contributed by atoms with van der Waals surface area (Å²) in [5.74, 6) is 0.975. The fourth-order valence-corrected chi connectivity index (χ4v) is 5.02. The van der Waals surface area contributed by atoms with Gasteiger partial charge in [0.1, 0.15) is 5.75 Å². The summed E-state index contributed by atoms with van der Waals surface area (Å²) >= 11 is 0. The van der Waals surface area contributed by atoms with Crippen molar-refractivity contribution in [2.24, 2.45) is 0 Å². The molecule has 4 aromatic rings. The fraction of sp³-hybridized carbons (Fsp3) is 0.394. The van der Waals surface area contributed by atoms with Crippen LogP contribution in [0.5, 0.6) is 5.75 Å². The van der Waals surface area contributed by atoms with Gasteiger partial charge in [-0.15, -0.1) is 0 Å². The van der Waals surface area contributed by atoms with Crippen molar-refractivity contribution in [2.75, 3.05) is 6.61 Å². The predicted molar refractivity (Wildman–Crippen MR) is 152 cm³/mol. The van der Waals surface area contributed by atoms with E-state index >= 15 is 0 Å². The molecule has 0 aliphatic carbocycles. The van der Waals surface area contributed by atoms with Crippen LogP contribution in [0.1, 0.15) is 82.3 Å². The molecule has 1 heterocycles. The van der Waals surface area contributed by atoms with Gasteiger partial charge in [0.2, 0.25) is 0 Å². The Morgan fingerprint density at radius 2 is 1.37 bits per heavy atom. The maximum absolute atomic E-state index is 6.02. The molecule has 0 spiro atoms. The predicted octanol–water partition coefficient (Wildman–Crippen LogP) is 9.79. The molecule has 3 aromatic carbocycles. The number of unbranched alkanes of at least 4 members (excludes halogenated alkanes) is 9. The molecule has 0 radical (unpaired) electrons. The van der Waals surface area contributed by atoms with E-state index in [2.05, 4.69) is 84.8 Å². The van der Waals surface area contributed by atoms with Crippen LogP contribution >= 0.6 is 0 Å². The van der Waals surface area contributed by atoms with Gasteiger partial charge >= 0.3 is 0 Å². The SMILES string of the molecule is C=Cc1ccc2c(c1)c1ccccc1n2Cc1ccc(OCCCCCCCCCCCC)cc1. The standard InChI is InChI=1S/C33H41NO/c1-3-5-6-7-8-9-10-11-12-15-24-35-29-21-18-28(19-22-29)26-34-32-17-14-13-16-30(32)31-25-27(4-2)20-23-33(31)34/h4,13-14,16-23,25H,2-3,5-12,15,24,26H2,1H3. The summed E-state index contributed by atoms with van der Waals surface area (Å²) < 4.78 is 8.43. The van der Waals surface area contributed by atoms with Gasteiger partial charge in [-0.25, -0.2) is 0 Å². The Hall–Kier alpha value is -3.00. The van der Waals surface area contributed by atoms with Crippen molar-refractivity contribution < 1.29 is 4.74 Å². The zero-order valence-corrected chi connectivity index (χ0v) is 21.5. The zero-order valence-electron chi connectivity index (χ0n) is 21.5. The van der Waals surface area contributed by atoms with Crippen LogP contribution in [0, 0.1) is 0 Å². The highest BCUT2D eigenvalue weighted by Gasteiger charge is 2.11. The van der Waals surface area contributed by atoms with Crippen molar-refractivity contribution in [2.45, 2.75) is 77.7 Å². The van der Waals surface area contributed by atoms with Crippen molar-refractivity contribution in [1.82, 2.24) is 4.57 Å². The van der Waals surface area contributed by atoms with Crippen LogP contribution in [0.15, 0.2) is 73.3 Å². The van der Waals surface area contributed by atoms with Crippen molar-refractivity contribution in [3.63, 3.8) is 0 Å². The van der Waals surface area contributed by atoms with E-state index in [9.17, 15) is 0 Å². The number of fused-ring (bicyclic) bond motifs is 3. The first-order chi connectivity index (χ1) is 17.3. The minimum absolute atomic E-state index is 0.814. The molecule has 0 amide bonds. The van der Waals surface area contributed by atoms with Gasteiger partial charge in [0.05, 0.1) is 6.61 Å². The monoisotopic (exact) mass is 467 g/mol. The minimum atomic E-state index is 0.814. The molecule has 0 atom stereocenters. The topological polar surface area (TPSA) is 14.2 Å². The normalized spacial score (nSPS) is 11.3. The molecule has 0 fully saturated rings. The molecule has 2 nitrogen and oxygen atoms in total. The fourth-order valence-electron chi connectivity index (χ4n) is 5.02. The van der Waals surface area contributed by atoms with Crippen LogP contribution in [0.4, 0.5) is 0 Å². The quantitative estimate of drug-likeness (QED) is 0.159. The van der Waals surface area contributed by atoms with Gasteiger partial charge in [-0.2, -0.15) is 0 Å². The highest BCUT2D eigenvalue weighted by Crippen LogP contribution is 2.31. The summed E-state index contributed by atoms with van der Waals surface area (Å²) in [7, 11) is 0. The lowest BCUT2D eigenvalue weighted by Crippen LogP contribution is -2.00. The van der Waals surface area contributed by atoms with Crippen LogP contribution in [0.2, 0.25) is 0 Å². The van der Waals surface area contributed by atoms with Crippen LogP contribution in [-0.4, -0.2) is 11.2 Å². The maximum Gasteiger partial charge on any atom is 0.119 e. The van der Waals surface area contributed by atoms with Crippen molar-refractivity contribution in [1.29, 1.82) is 0 Å². The van der Waals surface area contributed by atoms with E-state index in [-0.39, 0.29) is 0 Å². The number of para-hydroxylation sites is 1. The van der Waals surface area contributed by atoms with Crippen LogP contribution < -0.4 is 4.74 Å². The molecule has 0 aliphatic heterocycles. The van der Waals surface area contributed by atoms with E-state index < -0.39 is 0 Å². The Labute approximate surface area is 211 Å². The highest BCUT2D eigenvalue weighted by molar-refractivity contribution is 6.08. The second-order valence-corrected chi connectivity index (χ2v) is 9.76. The number of benzene rings is 3. The molecule has 0 saturated carbocycles. The summed E-state index contributed by atoms with van der Waals surface area (Å²) in [6.07, 6.45) is 15.4. The van der Waals surface area contributed by atoms with E-state index in [4.69, 9.17) is 4.74 Å². The Kier molecular flexibility index (Phi) is 9.46. The molecular weight excluding hydrogens is 426 g/mol. The number of ether oxygens (including phenoxy) is 1. The van der Waals surface area contributed by atoms with Gasteiger partial charge in [-0.1, -0.05) is 114 Å². The van der Waals surface area contributed by atoms with E-state index in [0.717, 1.165) is 30.9 Å². The summed E-state index contributed by atoms with van der Waals surface area (Å²) in [4.78, 5) is 0. The summed E-state index contributed by atoms with van der Waals surface area (Å²) in [6.45, 7) is 7.87. The molecule has 0 N–H and O–H groups in total. The largest absolute Gasteiger partial charge is 0.494 e. The molecule has 1 aromatic heterocycles. The smallest absolute Gasteiger partial charge is 0.119 e. The summed E-state index contributed by atoms with van der Waals surface area (Å²) in [5.41, 5.74) is 4.97. The van der Waals surface area contributed by atoms with E-state index in [1.54, 1.807) is 0 Å². The molecule has 0 saturated heterocycles. The van der Waals surface area contributed by atoms with Gasteiger partial charge in [-0.05, 0) is 47.9 Å². The molecular formula is C33H41NO. The van der Waals surface area contributed by atoms with E-state index in [0.29, 0.717) is 0 Å². The van der Waals surface area contributed by atoms with Gasteiger partial charge < -0.3 is 9.30 Å². The number of rotatable bonds is 15. The summed E-state index contributed by atoms with van der Waals surface area (Å²) in [6, 6.07) is 23.9. The van der Waals surface area contributed by atoms with Gasteiger partial charge in [0.15, 0.2) is 0 Å². The lowest BCUT2D eigenvalue weighted by molar-refractivity contribution is 0.304. The third-order valence-corrected chi connectivity index (χ3v) is 7.06. The van der Waals surface area contributed by atoms with Gasteiger partial charge in [0, 0.05) is 28.4 Å². The average Bonchev–Trinajstić information content (AvgIpc) is 3.21. The van der Waals surface area contributed by atoms with Crippen molar-refractivity contribution >= 4 is 27.9 Å². The molecule has 2 heteroatoms. The number of nitrogens with zero attached hydrogens (tertiary/aromatic N) is 1. The van der Waals surface area contributed by atoms with Gasteiger partial charge in [-0.3, -0.25) is 0 Å². The first-order valence-electron chi connectivity index (χ1n) is 13.7. The molecule has 184 valence electrons.